The van der Waals surface area contributed by atoms with Crippen molar-refractivity contribution >= 4 is 0 Å². The van der Waals surface area contributed by atoms with E-state index < -0.39 is 0 Å². The fourth-order valence-corrected chi connectivity index (χ4v) is 4.14. The summed E-state index contributed by atoms with van der Waals surface area (Å²) >= 11 is 0. The van der Waals surface area contributed by atoms with Gasteiger partial charge in [-0.25, -0.2) is 0 Å². The number of piperidine rings is 4. The second-order valence-corrected chi connectivity index (χ2v) is 6.69. The van der Waals surface area contributed by atoms with Crippen LogP contribution < -0.4 is 10.6 Å². The van der Waals surface area contributed by atoms with Crippen LogP contribution in [0.3, 0.4) is 0 Å². The largest absolute Gasteiger partial charge is 0.314 e. The molecule has 4 heterocycles. The number of rotatable bonds is 4. The van der Waals surface area contributed by atoms with E-state index in [-0.39, 0.29) is 0 Å². The van der Waals surface area contributed by atoms with E-state index in [1.165, 1.54) is 64.7 Å². The van der Waals surface area contributed by atoms with Crippen LogP contribution in [0.5, 0.6) is 0 Å². The molecule has 18 heavy (non-hydrogen) atoms. The maximum Gasteiger partial charge on any atom is 0.0226 e. The highest BCUT2D eigenvalue weighted by molar-refractivity contribution is 4.92. The molecule has 3 nitrogen and oxygen atoms in total. The summed E-state index contributed by atoms with van der Waals surface area (Å²) in [5.41, 5.74) is 0. The van der Waals surface area contributed by atoms with Gasteiger partial charge in [-0.1, -0.05) is 6.42 Å². The van der Waals surface area contributed by atoms with Crippen molar-refractivity contribution in [3.8, 4) is 0 Å². The van der Waals surface area contributed by atoms with E-state index in [1.807, 2.05) is 0 Å². The summed E-state index contributed by atoms with van der Waals surface area (Å²) in [6, 6.07) is 2.21. The predicted octanol–water partition coefficient (Wildman–Crippen LogP) is 1.59. The second kappa shape index (κ2) is 5.89. The van der Waals surface area contributed by atoms with E-state index >= 15 is 0 Å². The van der Waals surface area contributed by atoms with E-state index in [0.717, 1.165) is 18.0 Å². The molecule has 0 spiro atoms. The molecule has 0 radical (unpaired) electrons. The molecule has 4 rings (SSSR count). The highest BCUT2D eigenvalue weighted by Crippen LogP contribution is 2.28. The molecule has 104 valence electrons. The van der Waals surface area contributed by atoms with Crippen LogP contribution in [-0.4, -0.2) is 49.2 Å². The van der Waals surface area contributed by atoms with Gasteiger partial charge in [-0.3, -0.25) is 0 Å². The Labute approximate surface area is 112 Å². The van der Waals surface area contributed by atoms with Gasteiger partial charge in [0.05, 0.1) is 0 Å². The van der Waals surface area contributed by atoms with Gasteiger partial charge in [0.1, 0.15) is 0 Å². The quantitative estimate of drug-likeness (QED) is 0.794. The smallest absolute Gasteiger partial charge is 0.0226 e. The van der Waals surface area contributed by atoms with Gasteiger partial charge in [0.15, 0.2) is 0 Å². The standard InChI is InChI=1S/C15H29N3/c1-12(10-14-4-2-3-7-16-14)17-15-11-18-8-5-13(15)6-9-18/h12-17H,2-11H2,1H3. The van der Waals surface area contributed by atoms with Crippen LogP contribution >= 0.6 is 0 Å². The number of fused-ring (bicyclic) bond motifs is 3. The van der Waals surface area contributed by atoms with Gasteiger partial charge in [0, 0.05) is 24.7 Å². The lowest BCUT2D eigenvalue weighted by Crippen LogP contribution is -2.58. The number of nitrogens with one attached hydrogen (secondary N) is 2. The average Bonchev–Trinajstić information content (AvgIpc) is 2.41. The van der Waals surface area contributed by atoms with Crippen LogP contribution in [0.15, 0.2) is 0 Å². The maximum atomic E-state index is 3.92. The monoisotopic (exact) mass is 251 g/mol. The topological polar surface area (TPSA) is 27.3 Å². The van der Waals surface area contributed by atoms with Crippen molar-refractivity contribution in [1.82, 2.24) is 15.5 Å². The highest BCUT2D eigenvalue weighted by atomic mass is 15.2. The zero-order valence-electron chi connectivity index (χ0n) is 11.8. The third kappa shape index (κ3) is 3.06. The summed E-state index contributed by atoms with van der Waals surface area (Å²) < 4.78 is 0. The molecule has 0 aliphatic carbocycles. The molecule has 4 fully saturated rings. The van der Waals surface area contributed by atoms with Crippen molar-refractivity contribution in [1.29, 1.82) is 0 Å². The maximum absolute atomic E-state index is 3.92. The second-order valence-electron chi connectivity index (χ2n) is 6.69. The van der Waals surface area contributed by atoms with Crippen molar-refractivity contribution in [3.63, 3.8) is 0 Å². The summed E-state index contributed by atoms with van der Waals surface area (Å²) in [5.74, 6) is 0.955. The van der Waals surface area contributed by atoms with E-state index in [1.54, 1.807) is 0 Å². The molecule has 0 aromatic rings. The van der Waals surface area contributed by atoms with Crippen molar-refractivity contribution in [2.24, 2.45) is 5.92 Å². The lowest BCUT2D eigenvalue weighted by Gasteiger charge is -2.46. The first-order chi connectivity index (χ1) is 8.81. The third-order valence-electron chi connectivity index (χ3n) is 5.21. The molecule has 4 aliphatic heterocycles. The molecule has 3 heteroatoms. The molecular formula is C15H29N3. The van der Waals surface area contributed by atoms with Gasteiger partial charge in [0.2, 0.25) is 0 Å². The van der Waals surface area contributed by atoms with Gasteiger partial charge in [-0.2, -0.15) is 0 Å². The minimum absolute atomic E-state index is 0.672. The zero-order valence-corrected chi connectivity index (χ0v) is 11.8. The Morgan fingerprint density at radius 3 is 2.67 bits per heavy atom. The predicted molar refractivity (Wildman–Crippen MR) is 75.8 cm³/mol. The van der Waals surface area contributed by atoms with Gasteiger partial charge in [0.25, 0.3) is 0 Å². The summed E-state index contributed by atoms with van der Waals surface area (Å²) in [7, 11) is 0. The fourth-order valence-electron chi connectivity index (χ4n) is 4.14. The van der Waals surface area contributed by atoms with Crippen molar-refractivity contribution in [2.75, 3.05) is 26.2 Å². The van der Waals surface area contributed by atoms with Crippen molar-refractivity contribution < 1.29 is 0 Å². The van der Waals surface area contributed by atoms with Crippen LogP contribution in [0.1, 0.15) is 45.4 Å². The minimum Gasteiger partial charge on any atom is -0.314 e. The van der Waals surface area contributed by atoms with Crippen LogP contribution in [0, 0.1) is 5.92 Å². The van der Waals surface area contributed by atoms with Gasteiger partial charge in [-0.15, -0.1) is 0 Å². The van der Waals surface area contributed by atoms with Crippen LogP contribution in [0.2, 0.25) is 0 Å². The van der Waals surface area contributed by atoms with Gasteiger partial charge in [-0.05, 0) is 64.6 Å². The van der Waals surface area contributed by atoms with E-state index in [4.69, 9.17) is 0 Å². The fraction of sp³-hybridized carbons (Fsp3) is 1.00. The Bertz CT molecular complexity index is 254. The highest BCUT2D eigenvalue weighted by Gasteiger charge is 2.34. The molecule has 0 amide bonds. The number of hydrogen-bond donors (Lipinski definition) is 2. The van der Waals surface area contributed by atoms with Crippen LogP contribution in [-0.2, 0) is 0 Å². The SMILES string of the molecule is CC(CC1CCCCN1)NC1CN2CCC1CC2. The van der Waals surface area contributed by atoms with Crippen molar-refractivity contribution in [3.05, 3.63) is 0 Å². The molecule has 3 unspecified atom stereocenters. The van der Waals surface area contributed by atoms with Gasteiger partial charge >= 0.3 is 0 Å². The minimum atomic E-state index is 0.672. The Morgan fingerprint density at radius 1 is 1.22 bits per heavy atom. The summed E-state index contributed by atoms with van der Waals surface area (Å²) in [5, 5.41) is 7.59. The number of nitrogens with zero attached hydrogens (tertiary/aromatic N) is 1. The van der Waals surface area contributed by atoms with Crippen LogP contribution in [0.4, 0.5) is 0 Å². The van der Waals surface area contributed by atoms with E-state index in [9.17, 15) is 0 Å². The lowest BCUT2D eigenvalue weighted by atomic mass is 9.83. The third-order valence-corrected chi connectivity index (χ3v) is 5.21. The molecule has 0 aromatic heterocycles. The Kier molecular flexibility index (Phi) is 4.22. The zero-order chi connectivity index (χ0) is 12.4. The Hall–Kier alpha value is -0.120. The van der Waals surface area contributed by atoms with E-state index in [2.05, 4.69) is 22.5 Å². The van der Waals surface area contributed by atoms with Crippen molar-refractivity contribution in [2.45, 2.75) is 63.6 Å². The summed E-state index contributed by atoms with van der Waals surface area (Å²) in [4.78, 5) is 2.64. The molecular weight excluding hydrogens is 222 g/mol. The van der Waals surface area contributed by atoms with Gasteiger partial charge < -0.3 is 15.5 Å². The Balaban J connectivity index is 1.44. The van der Waals surface area contributed by atoms with E-state index in [0.29, 0.717) is 6.04 Å². The molecule has 2 N–H and O–H groups in total. The average molecular weight is 251 g/mol. The van der Waals surface area contributed by atoms with Crippen LogP contribution in [0.25, 0.3) is 0 Å². The first-order valence-electron chi connectivity index (χ1n) is 8.03. The molecule has 2 bridgehead atoms. The Morgan fingerprint density at radius 2 is 2.06 bits per heavy atom. The summed E-state index contributed by atoms with van der Waals surface area (Å²) in [6.45, 7) is 7.61. The first kappa shape index (κ1) is 12.9. The first-order valence-corrected chi connectivity index (χ1v) is 8.03. The molecule has 4 aliphatic rings. The lowest BCUT2D eigenvalue weighted by molar-refractivity contribution is 0.0666. The molecule has 0 saturated carbocycles. The normalized spacial score (nSPS) is 41.8. The summed E-state index contributed by atoms with van der Waals surface area (Å²) in [6.07, 6.45) is 8.33. The molecule has 4 saturated heterocycles. The molecule has 3 atom stereocenters. The molecule has 0 aromatic carbocycles. The number of hydrogen-bond acceptors (Lipinski definition) is 3.